The summed E-state index contributed by atoms with van der Waals surface area (Å²) in [5.41, 5.74) is 0.566. The monoisotopic (exact) mass is 404 g/mol. The Bertz CT molecular complexity index is 1080. The highest BCUT2D eigenvalue weighted by Crippen LogP contribution is 2.53. The van der Waals surface area contributed by atoms with Gasteiger partial charge >= 0.3 is 5.97 Å². The molecule has 0 aromatic heterocycles. The van der Waals surface area contributed by atoms with Gasteiger partial charge in [0.15, 0.2) is 0 Å². The van der Waals surface area contributed by atoms with E-state index < -0.39 is 10.9 Å². The number of amides is 2. The van der Waals surface area contributed by atoms with E-state index in [-0.39, 0.29) is 52.5 Å². The van der Waals surface area contributed by atoms with E-state index in [1.807, 2.05) is 12.2 Å². The number of imide groups is 1. The van der Waals surface area contributed by atoms with E-state index in [2.05, 4.69) is 0 Å². The van der Waals surface area contributed by atoms with Crippen LogP contribution in [0.4, 0.5) is 11.4 Å². The third-order valence-corrected chi connectivity index (χ3v) is 6.09. The van der Waals surface area contributed by atoms with E-state index in [0.29, 0.717) is 5.69 Å². The number of fused-ring (bicyclic) bond motifs is 5. The molecule has 2 amide bonds. The number of carbonyl (C=O) groups excluding carboxylic acids is 3. The Hall–Kier alpha value is -3.81. The van der Waals surface area contributed by atoms with E-state index in [9.17, 15) is 24.5 Å². The van der Waals surface area contributed by atoms with Crippen molar-refractivity contribution in [3.63, 3.8) is 0 Å². The summed E-state index contributed by atoms with van der Waals surface area (Å²) < 4.78 is 5.22. The first kappa shape index (κ1) is 18.2. The summed E-state index contributed by atoms with van der Waals surface area (Å²) in [5.74, 6) is -1.11. The summed E-state index contributed by atoms with van der Waals surface area (Å²) in [6.07, 6.45) is 4.95. The van der Waals surface area contributed by atoms with Crippen molar-refractivity contribution in [1.82, 2.24) is 0 Å². The lowest BCUT2D eigenvalue weighted by Gasteiger charge is -2.17. The summed E-state index contributed by atoms with van der Waals surface area (Å²) in [6, 6.07) is 11.3. The van der Waals surface area contributed by atoms with Crippen molar-refractivity contribution in [2.24, 2.45) is 23.7 Å². The quantitative estimate of drug-likeness (QED) is 0.194. The average molecular weight is 404 g/mol. The molecule has 0 radical (unpaired) electrons. The number of esters is 1. The molecular weight excluding hydrogens is 388 g/mol. The normalized spacial score (nSPS) is 26.2. The fourth-order valence-electron chi connectivity index (χ4n) is 4.71. The molecule has 0 spiro atoms. The number of hydrogen-bond donors (Lipinski definition) is 0. The third-order valence-electron chi connectivity index (χ3n) is 6.09. The second-order valence-electron chi connectivity index (χ2n) is 7.70. The van der Waals surface area contributed by atoms with Gasteiger partial charge in [-0.15, -0.1) is 0 Å². The Labute approximate surface area is 170 Å². The first-order valence-electron chi connectivity index (χ1n) is 9.57. The molecule has 0 unspecified atom stereocenters. The molecule has 8 heteroatoms. The molecule has 30 heavy (non-hydrogen) atoms. The number of benzene rings is 2. The number of ether oxygens (including phenoxy) is 1. The van der Waals surface area contributed by atoms with Crippen molar-refractivity contribution >= 4 is 29.2 Å². The molecule has 2 aliphatic carbocycles. The van der Waals surface area contributed by atoms with Gasteiger partial charge in [-0.1, -0.05) is 12.2 Å². The number of carbonyl (C=O) groups is 3. The number of nitro benzene ring substituents is 1. The first-order valence-corrected chi connectivity index (χ1v) is 9.57. The molecular formula is C22H16N2O6. The van der Waals surface area contributed by atoms with E-state index >= 15 is 0 Å². The minimum absolute atomic E-state index is 0.104. The van der Waals surface area contributed by atoms with Gasteiger partial charge in [0.05, 0.1) is 28.0 Å². The van der Waals surface area contributed by atoms with Crippen LogP contribution in [0.25, 0.3) is 0 Å². The smallest absolute Gasteiger partial charge is 0.343 e. The van der Waals surface area contributed by atoms with E-state index in [0.717, 1.165) is 6.42 Å². The molecule has 1 aliphatic heterocycles. The number of non-ortho nitro benzene ring substituents is 1. The summed E-state index contributed by atoms with van der Waals surface area (Å²) in [5, 5.41) is 10.7. The maximum atomic E-state index is 12.9. The number of nitro groups is 1. The van der Waals surface area contributed by atoms with E-state index in [1.165, 1.54) is 41.3 Å². The van der Waals surface area contributed by atoms with Crippen molar-refractivity contribution in [3.05, 3.63) is 76.4 Å². The fraction of sp³-hybridized carbons (Fsp3) is 0.227. The Morgan fingerprint density at radius 2 is 1.50 bits per heavy atom. The molecule has 3 aliphatic rings. The zero-order chi connectivity index (χ0) is 21.0. The maximum absolute atomic E-state index is 12.9. The second-order valence-corrected chi connectivity index (χ2v) is 7.70. The Balaban J connectivity index is 1.31. The van der Waals surface area contributed by atoms with Gasteiger partial charge in [0.25, 0.3) is 5.69 Å². The molecule has 1 saturated carbocycles. The van der Waals surface area contributed by atoms with Crippen molar-refractivity contribution in [1.29, 1.82) is 0 Å². The van der Waals surface area contributed by atoms with Crippen LogP contribution < -0.4 is 9.64 Å². The minimum atomic E-state index is -0.645. The second kappa shape index (κ2) is 6.62. The summed E-state index contributed by atoms with van der Waals surface area (Å²) in [7, 11) is 0. The number of rotatable bonds is 4. The Morgan fingerprint density at radius 1 is 0.933 bits per heavy atom. The zero-order valence-corrected chi connectivity index (χ0v) is 15.6. The molecule has 2 aromatic carbocycles. The SMILES string of the molecule is O=C(Oc1ccc([N+](=O)[O-])cc1)c1ccc(N2C(=O)[C@@H]3[C@@H](C2=O)[C@H]2C=C[C@H]3C2)cc1. The molecule has 2 fully saturated rings. The van der Waals surface area contributed by atoms with Gasteiger partial charge in [0.2, 0.25) is 11.8 Å². The van der Waals surface area contributed by atoms with Crippen LogP contribution in [-0.4, -0.2) is 22.7 Å². The Kier molecular flexibility index (Phi) is 4.02. The van der Waals surface area contributed by atoms with Gasteiger partial charge in [0, 0.05) is 12.1 Å². The summed E-state index contributed by atoms with van der Waals surface area (Å²) in [6.45, 7) is 0. The average Bonchev–Trinajstić information content (AvgIpc) is 3.42. The van der Waals surface area contributed by atoms with Gasteiger partial charge in [-0.2, -0.15) is 0 Å². The Morgan fingerprint density at radius 3 is 2.03 bits per heavy atom. The number of nitrogens with zero attached hydrogens (tertiary/aromatic N) is 2. The van der Waals surface area contributed by atoms with Crippen LogP contribution in [0.5, 0.6) is 5.75 Å². The van der Waals surface area contributed by atoms with Crippen LogP contribution >= 0.6 is 0 Å². The molecule has 0 N–H and O–H groups in total. The lowest BCUT2D eigenvalue weighted by Crippen LogP contribution is -2.32. The zero-order valence-electron chi connectivity index (χ0n) is 15.6. The van der Waals surface area contributed by atoms with Crippen LogP contribution in [0.1, 0.15) is 16.8 Å². The maximum Gasteiger partial charge on any atom is 0.343 e. The highest BCUT2D eigenvalue weighted by atomic mass is 16.6. The lowest BCUT2D eigenvalue weighted by molar-refractivity contribution is -0.384. The molecule has 1 saturated heterocycles. The standard InChI is InChI=1S/C22H16N2O6/c25-20-18-13-1-2-14(11-13)19(18)21(26)23(20)15-5-3-12(4-6-15)22(27)30-17-9-7-16(8-10-17)24(28)29/h1-10,13-14,18-19H,11H2/t13-,14-,18-,19-/m0/s1. The minimum Gasteiger partial charge on any atom is -0.423 e. The molecule has 150 valence electrons. The van der Waals surface area contributed by atoms with Crippen LogP contribution in [0, 0.1) is 33.8 Å². The van der Waals surface area contributed by atoms with Crippen molar-refractivity contribution in [2.75, 3.05) is 4.90 Å². The largest absolute Gasteiger partial charge is 0.423 e. The highest BCUT2D eigenvalue weighted by Gasteiger charge is 2.59. The van der Waals surface area contributed by atoms with Crippen molar-refractivity contribution in [3.8, 4) is 5.75 Å². The number of allylic oxidation sites excluding steroid dienone is 2. The molecule has 8 nitrogen and oxygen atoms in total. The lowest BCUT2D eigenvalue weighted by atomic mass is 9.85. The van der Waals surface area contributed by atoms with Crippen LogP contribution in [0.3, 0.4) is 0 Å². The fourth-order valence-corrected chi connectivity index (χ4v) is 4.71. The number of hydrogen-bond acceptors (Lipinski definition) is 6. The van der Waals surface area contributed by atoms with Gasteiger partial charge in [-0.05, 0) is 54.7 Å². The molecule has 1 heterocycles. The summed E-state index contributed by atoms with van der Waals surface area (Å²) in [4.78, 5) is 49.4. The van der Waals surface area contributed by atoms with Crippen molar-refractivity contribution < 1.29 is 24.0 Å². The highest BCUT2D eigenvalue weighted by molar-refractivity contribution is 6.22. The van der Waals surface area contributed by atoms with Crippen LogP contribution in [0.2, 0.25) is 0 Å². The van der Waals surface area contributed by atoms with Gasteiger partial charge in [-0.3, -0.25) is 24.6 Å². The van der Waals surface area contributed by atoms with Gasteiger partial charge in [0.1, 0.15) is 5.75 Å². The van der Waals surface area contributed by atoms with Crippen LogP contribution in [-0.2, 0) is 9.59 Å². The molecule has 5 rings (SSSR count). The predicted molar refractivity (Wildman–Crippen MR) is 105 cm³/mol. The number of anilines is 1. The van der Waals surface area contributed by atoms with E-state index in [4.69, 9.17) is 4.74 Å². The summed E-state index contributed by atoms with van der Waals surface area (Å²) >= 11 is 0. The predicted octanol–water partition coefficient (Wildman–Crippen LogP) is 3.13. The van der Waals surface area contributed by atoms with E-state index in [1.54, 1.807) is 12.1 Å². The van der Waals surface area contributed by atoms with Gasteiger partial charge < -0.3 is 4.74 Å². The van der Waals surface area contributed by atoms with Crippen LogP contribution in [0.15, 0.2) is 60.7 Å². The molecule has 4 atom stereocenters. The van der Waals surface area contributed by atoms with Gasteiger partial charge in [-0.25, -0.2) is 4.79 Å². The van der Waals surface area contributed by atoms with Crippen molar-refractivity contribution in [2.45, 2.75) is 6.42 Å². The first-order chi connectivity index (χ1) is 14.4. The molecule has 2 aromatic rings. The molecule has 2 bridgehead atoms. The topological polar surface area (TPSA) is 107 Å². The third kappa shape index (κ3) is 2.72.